The molecule has 0 spiro atoms. The predicted octanol–water partition coefficient (Wildman–Crippen LogP) is 2.56. The third-order valence-corrected chi connectivity index (χ3v) is 3.87. The van der Waals surface area contributed by atoms with E-state index in [1.807, 2.05) is 0 Å². The van der Waals surface area contributed by atoms with E-state index in [9.17, 15) is 4.79 Å². The summed E-state index contributed by atoms with van der Waals surface area (Å²) in [5.41, 5.74) is 1.25. The van der Waals surface area contributed by atoms with Gasteiger partial charge >= 0.3 is 0 Å². The van der Waals surface area contributed by atoms with Crippen molar-refractivity contribution in [2.24, 2.45) is 0 Å². The molecule has 2 rings (SSSR count). The first-order valence-electron chi connectivity index (χ1n) is 6.68. The molecule has 0 fully saturated rings. The SMILES string of the molecule is Cc1ccc(SCCC(=O)NCCc2ncc[nH]2)cc1. The van der Waals surface area contributed by atoms with Gasteiger partial charge in [0.25, 0.3) is 0 Å². The lowest BCUT2D eigenvalue weighted by Crippen LogP contribution is -2.26. The third-order valence-electron chi connectivity index (χ3n) is 2.86. The summed E-state index contributed by atoms with van der Waals surface area (Å²) in [6, 6.07) is 8.36. The van der Waals surface area contributed by atoms with Crippen LogP contribution in [0, 0.1) is 6.92 Å². The Labute approximate surface area is 123 Å². The van der Waals surface area contributed by atoms with Crippen LogP contribution in [0.15, 0.2) is 41.6 Å². The number of carbonyl (C=O) groups excluding carboxylic acids is 1. The van der Waals surface area contributed by atoms with Crippen molar-refractivity contribution in [1.29, 1.82) is 0 Å². The minimum absolute atomic E-state index is 0.0937. The van der Waals surface area contributed by atoms with Crippen LogP contribution in [0.2, 0.25) is 0 Å². The summed E-state index contributed by atoms with van der Waals surface area (Å²) in [6.07, 6.45) is 4.78. The van der Waals surface area contributed by atoms with Gasteiger partial charge in [-0.2, -0.15) is 0 Å². The van der Waals surface area contributed by atoms with Crippen LogP contribution in [-0.4, -0.2) is 28.2 Å². The highest BCUT2D eigenvalue weighted by molar-refractivity contribution is 7.99. The summed E-state index contributed by atoms with van der Waals surface area (Å²) in [6.45, 7) is 2.70. The number of imidazole rings is 1. The average Bonchev–Trinajstić information content (AvgIpc) is 2.94. The molecule has 1 aromatic heterocycles. The highest BCUT2D eigenvalue weighted by Crippen LogP contribution is 2.18. The smallest absolute Gasteiger partial charge is 0.220 e. The lowest BCUT2D eigenvalue weighted by Gasteiger charge is -2.04. The Hall–Kier alpha value is -1.75. The van der Waals surface area contributed by atoms with Gasteiger partial charge in [-0.1, -0.05) is 17.7 Å². The molecule has 2 aromatic rings. The summed E-state index contributed by atoms with van der Waals surface area (Å²) in [4.78, 5) is 20.0. The zero-order valence-corrected chi connectivity index (χ0v) is 12.4. The monoisotopic (exact) mass is 289 g/mol. The predicted molar refractivity (Wildman–Crippen MR) is 81.8 cm³/mol. The van der Waals surface area contributed by atoms with Crippen molar-refractivity contribution in [2.45, 2.75) is 24.7 Å². The van der Waals surface area contributed by atoms with Crippen LogP contribution in [0.25, 0.3) is 0 Å². The van der Waals surface area contributed by atoms with Gasteiger partial charge in [-0.15, -0.1) is 11.8 Å². The van der Waals surface area contributed by atoms with E-state index in [0.717, 1.165) is 18.0 Å². The van der Waals surface area contributed by atoms with E-state index in [2.05, 4.69) is 46.5 Å². The van der Waals surface area contributed by atoms with E-state index in [0.29, 0.717) is 13.0 Å². The number of benzene rings is 1. The number of hydrogen-bond donors (Lipinski definition) is 2. The number of carbonyl (C=O) groups is 1. The molecule has 0 aliphatic rings. The topological polar surface area (TPSA) is 57.8 Å². The van der Waals surface area contributed by atoms with E-state index in [1.54, 1.807) is 24.2 Å². The van der Waals surface area contributed by atoms with E-state index in [1.165, 1.54) is 10.5 Å². The summed E-state index contributed by atoms with van der Waals surface area (Å²) in [5, 5.41) is 2.90. The van der Waals surface area contributed by atoms with Crippen molar-refractivity contribution in [3.05, 3.63) is 48.0 Å². The molecule has 20 heavy (non-hydrogen) atoms. The summed E-state index contributed by atoms with van der Waals surface area (Å²) < 4.78 is 0. The number of hydrogen-bond acceptors (Lipinski definition) is 3. The van der Waals surface area contributed by atoms with Crippen LogP contribution in [-0.2, 0) is 11.2 Å². The number of thioether (sulfide) groups is 1. The van der Waals surface area contributed by atoms with Crippen LogP contribution >= 0.6 is 11.8 Å². The van der Waals surface area contributed by atoms with Crippen LogP contribution in [0.4, 0.5) is 0 Å². The van der Waals surface area contributed by atoms with Gasteiger partial charge in [0.2, 0.25) is 5.91 Å². The summed E-state index contributed by atoms with van der Waals surface area (Å²) in [7, 11) is 0. The van der Waals surface area contributed by atoms with Crippen LogP contribution in [0.1, 0.15) is 17.8 Å². The highest BCUT2D eigenvalue weighted by atomic mass is 32.2. The number of aryl methyl sites for hydroxylation is 1. The first-order valence-corrected chi connectivity index (χ1v) is 7.67. The highest BCUT2D eigenvalue weighted by Gasteiger charge is 2.02. The second kappa shape index (κ2) is 7.75. The molecular formula is C15H19N3OS. The van der Waals surface area contributed by atoms with Crippen LogP contribution in [0.3, 0.4) is 0 Å². The molecule has 0 bridgehead atoms. The number of H-pyrrole nitrogens is 1. The molecule has 0 atom stereocenters. The van der Waals surface area contributed by atoms with Crippen molar-refractivity contribution < 1.29 is 4.79 Å². The van der Waals surface area contributed by atoms with Crippen molar-refractivity contribution in [2.75, 3.05) is 12.3 Å². The molecule has 106 valence electrons. The quantitative estimate of drug-likeness (QED) is 0.770. The Bertz CT molecular complexity index is 523. The zero-order valence-electron chi connectivity index (χ0n) is 11.6. The van der Waals surface area contributed by atoms with Gasteiger partial charge in [-0.25, -0.2) is 4.98 Å². The fourth-order valence-corrected chi connectivity index (χ4v) is 2.59. The molecule has 0 radical (unpaired) electrons. The fourth-order valence-electron chi connectivity index (χ4n) is 1.74. The zero-order chi connectivity index (χ0) is 14.2. The molecule has 5 heteroatoms. The Morgan fingerprint density at radius 1 is 1.35 bits per heavy atom. The Morgan fingerprint density at radius 3 is 2.85 bits per heavy atom. The lowest BCUT2D eigenvalue weighted by molar-refractivity contribution is -0.120. The number of aromatic amines is 1. The maximum absolute atomic E-state index is 11.7. The normalized spacial score (nSPS) is 10.4. The Morgan fingerprint density at radius 2 is 2.15 bits per heavy atom. The van der Waals surface area contributed by atoms with E-state index >= 15 is 0 Å². The largest absolute Gasteiger partial charge is 0.356 e. The second-order valence-corrected chi connectivity index (χ2v) is 5.72. The van der Waals surface area contributed by atoms with Gasteiger partial charge in [0.1, 0.15) is 5.82 Å². The Kier molecular flexibility index (Phi) is 5.68. The minimum atomic E-state index is 0.0937. The molecule has 0 aliphatic heterocycles. The second-order valence-electron chi connectivity index (χ2n) is 4.55. The van der Waals surface area contributed by atoms with Crippen molar-refractivity contribution in [3.63, 3.8) is 0 Å². The first-order chi connectivity index (χ1) is 9.74. The maximum atomic E-state index is 11.7. The molecule has 0 aliphatic carbocycles. The maximum Gasteiger partial charge on any atom is 0.220 e. The lowest BCUT2D eigenvalue weighted by atomic mass is 10.2. The van der Waals surface area contributed by atoms with Crippen molar-refractivity contribution in [1.82, 2.24) is 15.3 Å². The molecule has 1 aromatic carbocycles. The van der Waals surface area contributed by atoms with Crippen molar-refractivity contribution >= 4 is 17.7 Å². The molecule has 1 heterocycles. The molecule has 1 amide bonds. The van der Waals surface area contributed by atoms with Gasteiger partial charge in [0.05, 0.1) is 0 Å². The third kappa shape index (κ3) is 5.09. The van der Waals surface area contributed by atoms with E-state index < -0.39 is 0 Å². The number of nitrogens with one attached hydrogen (secondary N) is 2. The number of nitrogens with zero attached hydrogens (tertiary/aromatic N) is 1. The molecular weight excluding hydrogens is 270 g/mol. The standard InChI is InChI=1S/C15H19N3OS/c1-12-2-4-13(5-3-12)20-11-7-15(19)18-8-6-14-16-9-10-17-14/h2-5,9-10H,6-8,11H2,1H3,(H,16,17)(H,18,19). The molecule has 0 unspecified atom stereocenters. The van der Waals surface area contributed by atoms with E-state index in [4.69, 9.17) is 0 Å². The average molecular weight is 289 g/mol. The van der Waals surface area contributed by atoms with Gasteiger partial charge in [-0.05, 0) is 19.1 Å². The first kappa shape index (κ1) is 14.7. The van der Waals surface area contributed by atoms with Gasteiger partial charge in [0, 0.05) is 42.4 Å². The minimum Gasteiger partial charge on any atom is -0.356 e. The van der Waals surface area contributed by atoms with Gasteiger partial charge in [-0.3, -0.25) is 4.79 Å². The van der Waals surface area contributed by atoms with E-state index in [-0.39, 0.29) is 5.91 Å². The number of aromatic nitrogens is 2. The number of rotatable bonds is 7. The van der Waals surface area contributed by atoms with Crippen LogP contribution in [0.5, 0.6) is 0 Å². The number of amides is 1. The molecule has 2 N–H and O–H groups in total. The molecule has 4 nitrogen and oxygen atoms in total. The Balaban J connectivity index is 1.59. The fraction of sp³-hybridized carbons (Fsp3) is 0.333. The molecule has 0 saturated carbocycles. The summed E-state index contributed by atoms with van der Waals surface area (Å²) >= 11 is 1.71. The summed E-state index contributed by atoms with van der Waals surface area (Å²) in [5.74, 6) is 1.80. The van der Waals surface area contributed by atoms with Gasteiger partial charge in [0.15, 0.2) is 0 Å². The molecule has 0 saturated heterocycles. The van der Waals surface area contributed by atoms with Crippen molar-refractivity contribution in [3.8, 4) is 0 Å². The van der Waals surface area contributed by atoms with Gasteiger partial charge < -0.3 is 10.3 Å². The van der Waals surface area contributed by atoms with Crippen LogP contribution < -0.4 is 5.32 Å².